The molecule has 6 nitrogen and oxygen atoms in total. The summed E-state index contributed by atoms with van der Waals surface area (Å²) < 4.78 is 0. The normalized spacial score (nSPS) is 25.0. The van der Waals surface area contributed by atoms with Crippen LogP contribution in [0.25, 0.3) is 0 Å². The van der Waals surface area contributed by atoms with Gasteiger partial charge in [-0.3, -0.25) is 14.5 Å². The summed E-state index contributed by atoms with van der Waals surface area (Å²) in [6.45, 7) is 6.67. The largest absolute Gasteiger partial charge is 0.337 e. The molecule has 1 aromatic carbocycles. The number of amides is 2. The Morgan fingerprint density at radius 1 is 1.04 bits per heavy atom. The van der Waals surface area contributed by atoms with Crippen molar-refractivity contribution >= 4 is 17.5 Å². The van der Waals surface area contributed by atoms with Crippen LogP contribution in [0.4, 0.5) is 5.69 Å². The van der Waals surface area contributed by atoms with Gasteiger partial charge in [0.1, 0.15) is 0 Å². The van der Waals surface area contributed by atoms with E-state index in [-0.39, 0.29) is 11.8 Å². The van der Waals surface area contributed by atoms with Crippen molar-refractivity contribution in [3.8, 4) is 0 Å². The molecule has 1 aromatic rings. The second-order valence-electron chi connectivity index (χ2n) is 7.18. The Labute approximate surface area is 148 Å². The fourth-order valence-electron chi connectivity index (χ4n) is 4.16. The highest BCUT2D eigenvalue weighted by molar-refractivity contribution is 5.97. The van der Waals surface area contributed by atoms with Crippen molar-refractivity contribution in [2.75, 3.05) is 50.7 Å². The van der Waals surface area contributed by atoms with E-state index in [0.717, 1.165) is 69.9 Å². The maximum absolute atomic E-state index is 12.8. The molecule has 1 atom stereocenters. The Balaban J connectivity index is 1.38. The molecule has 0 spiro atoms. The molecule has 25 heavy (non-hydrogen) atoms. The third kappa shape index (κ3) is 3.41. The summed E-state index contributed by atoms with van der Waals surface area (Å²) in [5.74, 6) is 0.286. The van der Waals surface area contributed by atoms with E-state index in [2.05, 4.69) is 10.2 Å². The van der Waals surface area contributed by atoms with Crippen LogP contribution in [-0.2, 0) is 4.79 Å². The number of hydrogen-bond acceptors (Lipinski definition) is 4. The lowest BCUT2D eigenvalue weighted by molar-refractivity contribution is -0.117. The highest BCUT2D eigenvalue weighted by atomic mass is 16.2. The van der Waals surface area contributed by atoms with E-state index in [0.29, 0.717) is 12.5 Å². The molecule has 3 aliphatic rings. The van der Waals surface area contributed by atoms with E-state index in [1.54, 1.807) is 0 Å². The molecule has 0 saturated carbocycles. The Bertz CT molecular complexity index is 639. The minimum absolute atomic E-state index is 0.108. The van der Waals surface area contributed by atoms with Crippen LogP contribution in [0.5, 0.6) is 0 Å². The van der Waals surface area contributed by atoms with E-state index >= 15 is 0 Å². The second-order valence-corrected chi connectivity index (χ2v) is 7.18. The van der Waals surface area contributed by atoms with Gasteiger partial charge in [0.05, 0.1) is 0 Å². The van der Waals surface area contributed by atoms with Gasteiger partial charge >= 0.3 is 0 Å². The lowest BCUT2D eigenvalue weighted by Crippen LogP contribution is -2.49. The summed E-state index contributed by atoms with van der Waals surface area (Å²) in [5.41, 5.74) is 1.62. The topological polar surface area (TPSA) is 55.9 Å². The van der Waals surface area contributed by atoms with E-state index in [1.165, 1.54) is 0 Å². The molecule has 134 valence electrons. The molecule has 3 fully saturated rings. The zero-order chi connectivity index (χ0) is 17.2. The standard InChI is InChI=1S/C19H26N4O2/c24-18-2-1-10-23(18)16-5-3-15(4-6-16)19(25)22-11-7-17(14-22)21-12-8-20-9-13-21/h3-6,17,20H,1-2,7-14H2. The van der Waals surface area contributed by atoms with E-state index in [1.807, 2.05) is 34.1 Å². The highest BCUT2D eigenvalue weighted by Crippen LogP contribution is 2.23. The van der Waals surface area contributed by atoms with Crippen LogP contribution in [-0.4, -0.2) is 73.5 Å². The van der Waals surface area contributed by atoms with Crippen molar-refractivity contribution < 1.29 is 9.59 Å². The number of carbonyl (C=O) groups excluding carboxylic acids is 2. The predicted molar refractivity (Wildman–Crippen MR) is 96.8 cm³/mol. The van der Waals surface area contributed by atoms with Gasteiger partial charge < -0.3 is 15.1 Å². The zero-order valence-corrected chi connectivity index (χ0v) is 14.6. The molecule has 4 rings (SSSR count). The average molecular weight is 342 g/mol. The van der Waals surface area contributed by atoms with Crippen LogP contribution in [0.3, 0.4) is 0 Å². The molecule has 2 amide bonds. The van der Waals surface area contributed by atoms with Crippen molar-refractivity contribution in [2.24, 2.45) is 0 Å². The molecule has 3 heterocycles. The Kier molecular flexibility index (Phi) is 4.72. The molecular weight excluding hydrogens is 316 g/mol. The fourth-order valence-corrected chi connectivity index (χ4v) is 4.16. The van der Waals surface area contributed by atoms with Crippen LogP contribution < -0.4 is 10.2 Å². The van der Waals surface area contributed by atoms with Gasteiger partial charge in [-0.1, -0.05) is 0 Å². The lowest BCUT2D eigenvalue weighted by Gasteiger charge is -2.32. The summed E-state index contributed by atoms with van der Waals surface area (Å²) in [4.78, 5) is 30.9. The Hall–Kier alpha value is -1.92. The van der Waals surface area contributed by atoms with Gasteiger partial charge in [-0.15, -0.1) is 0 Å². The van der Waals surface area contributed by atoms with Crippen molar-refractivity contribution in [1.29, 1.82) is 0 Å². The van der Waals surface area contributed by atoms with Crippen molar-refractivity contribution in [2.45, 2.75) is 25.3 Å². The van der Waals surface area contributed by atoms with Gasteiger partial charge in [-0.25, -0.2) is 0 Å². The fraction of sp³-hybridized carbons (Fsp3) is 0.579. The minimum Gasteiger partial charge on any atom is -0.337 e. The summed E-state index contributed by atoms with van der Waals surface area (Å²) in [5, 5.41) is 3.38. The predicted octanol–water partition coefficient (Wildman–Crippen LogP) is 0.933. The van der Waals surface area contributed by atoms with Crippen LogP contribution in [0, 0.1) is 0 Å². The van der Waals surface area contributed by atoms with Crippen LogP contribution in [0.15, 0.2) is 24.3 Å². The Morgan fingerprint density at radius 2 is 1.80 bits per heavy atom. The number of likely N-dealkylation sites (tertiary alicyclic amines) is 1. The van der Waals surface area contributed by atoms with Gasteiger partial charge in [-0.05, 0) is 37.1 Å². The van der Waals surface area contributed by atoms with Gasteiger partial charge in [0.2, 0.25) is 5.91 Å². The first-order valence-corrected chi connectivity index (χ1v) is 9.37. The van der Waals surface area contributed by atoms with E-state index in [4.69, 9.17) is 0 Å². The highest BCUT2D eigenvalue weighted by Gasteiger charge is 2.31. The average Bonchev–Trinajstić information content (AvgIpc) is 3.31. The molecule has 0 aliphatic carbocycles. The molecule has 0 aromatic heterocycles. The number of piperazine rings is 1. The summed E-state index contributed by atoms with van der Waals surface area (Å²) in [7, 11) is 0. The van der Waals surface area contributed by atoms with E-state index in [9.17, 15) is 9.59 Å². The third-order valence-corrected chi connectivity index (χ3v) is 5.62. The number of rotatable bonds is 3. The zero-order valence-electron chi connectivity index (χ0n) is 14.6. The molecule has 0 radical (unpaired) electrons. The van der Waals surface area contributed by atoms with Crippen LogP contribution in [0.1, 0.15) is 29.6 Å². The van der Waals surface area contributed by atoms with Crippen LogP contribution >= 0.6 is 0 Å². The second kappa shape index (κ2) is 7.14. The molecule has 6 heteroatoms. The maximum Gasteiger partial charge on any atom is 0.253 e. The molecule has 3 aliphatic heterocycles. The van der Waals surface area contributed by atoms with Gasteiger partial charge in [0, 0.05) is 69.5 Å². The smallest absolute Gasteiger partial charge is 0.253 e. The summed E-state index contributed by atoms with van der Waals surface area (Å²) in [6.07, 6.45) is 2.61. The van der Waals surface area contributed by atoms with Gasteiger partial charge in [-0.2, -0.15) is 0 Å². The first-order valence-electron chi connectivity index (χ1n) is 9.37. The third-order valence-electron chi connectivity index (χ3n) is 5.62. The lowest BCUT2D eigenvalue weighted by atomic mass is 10.1. The minimum atomic E-state index is 0.108. The molecular formula is C19H26N4O2. The summed E-state index contributed by atoms with van der Waals surface area (Å²) in [6, 6.07) is 8.02. The number of anilines is 1. The van der Waals surface area contributed by atoms with Crippen molar-refractivity contribution in [3.05, 3.63) is 29.8 Å². The van der Waals surface area contributed by atoms with Crippen LogP contribution in [0.2, 0.25) is 0 Å². The number of carbonyl (C=O) groups is 2. The number of hydrogen-bond donors (Lipinski definition) is 1. The first kappa shape index (κ1) is 16.5. The van der Waals surface area contributed by atoms with Gasteiger partial charge in [0.25, 0.3) is 5.91 Å². The maximum atomic E-state index is 12.8. The number of nitrogens with zero attached hydrogens (tertiary/aromatic N) is 3. The molecule has 3 saturated heterocycles. The van der Waals surface area contributed by atoms with Crippen molar-refractivity contribution in [3.63, 3.8) is 0 Å². The summed E-state index contributed by atoms with van der Waals surface area (Å²) >= 11 is 0. The first-order chi connectivity index (χ1) is 12.2. The number of benzene rings is 1. The van der Waals surface area contributed by atoms with Gasteiger partial charge in [0.15, 0.2) is 0 Å². The molecule has 0 bridgehead atoms. The number of nitrogens with one attached hydrogen (secondary N) is 1. The molecule has 1 N–H and O–H groups in total. The quantitative estimate of drug-likeness (QED) is 0.888. The molecule has 1 unspecified atom stereocenters. The SMILES string of the molecule is O=C(c1ccc(N2CCCC2=O)cc1)N1CCC(N2CCNCC2)C1. The van der Waals surface area contributed by atoms with Crippen molar-refractivity contribution in [1.82, 2.24) is 15.1 Å². The monoisotopic (exact) mass is 342 g/mol. The Morgan fingerprint density at radius 3 is 2.48 bits per heavy atom. The van der Waals surface area contributed by atoms with E-state index < -0.39 is 0 Å².